The molecule has 1 aliphatic rings. The number of phenols is 1. The summed E-state index contributed by atoms with van der Waals surface area (Å²) in [5, 5.41) is 21.9. The number of aromatic hydroxyl groups is 1. The summed E-state index contributed by atoms with van der Waals surface area (Å²) in [7, 11) is 1.56. The van der Waals surface area contributed by atoms with Crippen molar-refractivity contribution in [1.29, 1.82) is 0 Å². The van der Waals surface area contributed by atoms with Gasteiger partial charge in [-0.15, -0.1) is 0 Å². The Balaban J connectivity index is 1.65. The summed E-state index contributed by atoms with van der Waals surface area (Å²) in [6.45, 7) is 2.59. The zero-order valence-corrected chi connectivity index (χ0v) is 21.7. The Morgan fingerprint density at radius 2 is 1.87 bits per heavy atom. The molecule has 0 bridgehead atoms. The molecular weight excluding hydrogens is 504 g/mol. The van der Waals surface area contributed by atoms with Gasteiger partial charge in [-0.1, -0.05) is 48.9 Å². The van der Waals surface area contributed by atoms with Crippen molar-refractivity contribution in [3.05, 3.63) is 83.4 Å². The van der Waals surface area contributed by atoms with E-state index in [9.17, 15) is 19.8 Å². The van der Waals surface area contributed by atoms with E-state index in [1.54, 1.807) is 61.7 Å². The SMILES string of the molecule is CCCCOc1cccc(C(O)=C2C(=O)C(=O)N(c3nc4ccc(OC)cc4s3)C2c2cccc(O)c2)c1. The molecule has 9 heteroatoms. The standard InChI is InChI=1S/C29H26N2O6S/c1-3-4-13-37-21-10-6-8-18(15-21)26(33)24-25(17-7-5-9-19(32)14-17)31(28(35)27(24)34)29-30-22-12-11-20(36-2)16-23(22)38-29/h5-12,14-16,25,32-33H,3-4,13H2,1-2H3. The van der Waals surface area contributed by atoms with Crippen molar-refractivity contribution in [3.8, 4) is 17.2 Å². The summed E-state index contributed by atoms with van der Waals surface area (Å²) >= 11 is 1.23. The molecule has 5 rings (SSSR count). The molecule has 0 radical (unpaired) electrons. The summed E-state index contributed by atoms with van der Waals surface area (Å²) < 4.78 is 11.8. The summed E-state index contributed by atoms with van der Waals surface area (Å²) in [5.74, 6) is -0.839. The number of fused-ring (bicyclic) bond motifs is 1. The van der Waals surface area contributed by atoms with Crippen LogP contribution in [0.4, 0.5) is 5.13 Å². The molecule has 1 unspecified atom stereocenters. The number of carbonyl (C=O) groups is 2. The van der Waals surface area contributed by atoms with Crippen molar-refractivity contribution < 1.29 is 29.3 Å². The quantitative estimate of drug-likeness (QED) is 0.128. The maximum Gasteiger partial charge on any atom is 0.301 e. The van der Waals surface area contributed by atoms with Gasteiger partial charge in [-0.3, -0.25) is 14.5 Å². The second-order valence-corrected chi connectivity index (χ2v) is 9.83. The first-order valence-electron chi connectivity index (χ1n) is 12.2. The molecule has 0 spiro atoms. The molecule has 194 valence electrons. The molecule has 1 aromatic heterocycles. The third-order valence-electron chi connectivity index (χ3n) is 6.29. The van der Waals surface area contributed by atoms with Gasteiger partial charge >= 0.3 is 5.91 Å². The molecule has 1 atom stereocenters. The van der Waals surface area contributed by atoms with E-state index in [0.29, 0.717) is 39.9 Å². The molecule has 1 fully saturated rings. The molecule has 2 N–H and O–H groups in total. The number of ketones is 1. The number of ether oxygens (including phenoxy) is 2. The summed E-state index contributed by atoms with van der Waals surface area (Å²) in [4.78, 5) is 32.8. The van der Waals surface area contributed by atoms with E-state index in [4.69, 9.17) is 9.47 Å². The Hall–Kier alpha value is -4.37. The van der Waals surface area contributed by atoms with Crippen LogP contribution in [0.3, 0.4) is 0 Å². The number of anilines is 1. The predicted octanol–water partition coefficient (Wildman–Crippen LogP) is 5.82. The summed E-state index contributed by atoms with van der Waals surface area (Å²) in [6.07, 6.45) is 1.86. The molecular formula is C29H26N2O6S. The third-order valence-corrected chi connectivity index (χ3v) is 7.31. The predicted molar refractivity (Wildman–Crippen MR) is 146 cm³/mol. The highest BCUT2D eigenvalue weighted by atomic mass is 32.1. The average Bonchev–Trinajstić information content (AvgIpc) is 3.46. The van der Waals surface area contributed by atoms with Gasteiger partial charge in [-0.25, -0.2) is 4.98 Å². The van der Waals surface area contributed by atoms with Crippen molar-refractivity contribution in [3.63, 3.8) is 0 Å². The van der Waals surface area contributed by atoms with Crippen LogP contribution in [-0.4, -0.2) is 40.6 Å². The molecule has 1 saturated heterocycles. The Labute approximate surface area is 223 Å². The van der Waals surface area contributed by atoms with Gasteiger partial charge in [0.05, 0.1) is 35.5 Å². The summed E-state index contributed by atoms with van der Waals surface area (Å²) in [5.41, 5.74) is 1.34. The molecule has 0 aliphatic carbocycles. The number of hydrogen-bond donors (Lipinski definition) is 2. The zero-order chi connectivity index (χ0) is 26.8. The molecule has 2 heterocycles. The van der Waals surface area contributed by atoms with Gasteiger partial charge < -0.3 is 19.7 Å². The first kappa shape index (κ1) is 25.3. The van der Waals surface area contributed by atoms with E-state index in [2.05, 4.69) is 11.9 Å². The highest BCUT2D eigenvalue weighted by Gasteiger charge is 2.48. The highest BCUT2D eigenvalue weighted by Crippen LogP contribution is 2.45. The number of aromatic nitrogens is 1. The molecule has 38 heavy (non-hydrogen) atoms. The van der Waals surface area contributed by atoms with Crippen LogP contribution >= 0.6 is 11.3 Å². The van der Waals surface area contributed by atoms with Crippen molar-refractivity contribution in [1.82, 2.24) is 4.98 Å². The van der Waals surface area contributed by atoms with Gasteiger partial charge in [0.1, 0.15) is 23.0 Å². The first-order chi connectivity index (χ1) is 18.4. The lowest BCUT2D eigenvalue weighted by Gasteiger charge is -2.23. The van der Waals surface area contributed by atoms with E-state index in [1.807, 2.05) is 0 Å². The fraction of sp³-hybridized carbons (Fsp3) is 0.207. The molecule has 8 nitrogen and oxygen atoms in total. The monoisotopic (exact) mass is 530 g/mol. The van der Waals surface area contributed by atoms with Crippen molar-refractivity contribution in [2.75, 3.05) is 18.6 Å². The minimum Gasteiger partial charge on any atom is -0.508 e. The van der Waals surface area contributed by atoms with E-state index in [0.717, 1.165) is 17.5 Å². The summed E-state index contributed by atoms with van der Waals surface area (Å²) in [6, 6.07) is 17.4. The van der Waals surface area contributed by atoms with Crippen LogP contribution in [-0.2, 0) is 9.59 Å². The lowest BCUT2D eigenvalue weighted by atomic mass is 9.95. The second-order valence-electron chi connectivity index (χ2n) is 8.82. The molecule has 1 aliphatic heterocycles. The van der Waals surface area contributed by atoms with Gasteiger partial charge in [-0.2, -0.15) is 0 Å². The number of Topliss-reactive ketones (excluding diaryl/α,β-unsaturated/α-hetero) is 1. The van der Waals surface area contributed by atoms with Crippen molar-refractivity contribution in [2.45, 2.75) is 25.8 Å². The van der Waals surface area contributed by atoms with Gasteiger partial charge in [0.2, 0.25) is 0 Å². The number of benzene rings is 3. The Morgan fingerprint density at radius 1 is 1.05 bits per heavy atom. The van der Waals surface area contributed by atoms with Crippen LogP contribution < -0.4 is 14.4 Å². The lowest BCUT2D eigenvalue weighted by molar-refractivity contribution is -0.132. The van der Waals surface area contributed by atoms with E-state index in [-0.39, 0.29) is 17.1 Å². The number of methoxy groups -OCH3 is 1. The Bertz CT molecular complexity index is 1560. The second kappa shape index (κ2) is 10.5. The smallest absolute Gasteiger partial charge is 0.301 e. The van der Waals surface area contributed by atoms with Gasteiger partial charge in [0, 0.05) is 5.56 Å². The van der Waals surface area contributed by atoms with E-state index < -0.39 is 17.7 Å². The number of hydrogen-bond acceptors (Lipinski definition) is 8. The highest BCUT2D eigenvalue weighted by molar-refractivity contribution is 7.22. The third kappa shape index (κ3) is 4.68. The van der Waals surface area contributed by atoms with Crippen molar-refractivity contribution in [2.24, 2.45) is 0 Å². The largest absolute Gasteiger partial charge is 0.508 e. The lowest BCUT2D eigenvalue weighted by Crippen LogP contribution is -2.29. The maximum atomic E-state index is 13.4. The first-order valence-corrected chi connectivity index (χ1v) is 13.0. The molecule has 0 saturated carbocycles. The van der Waals surface area contributed by atoms with Gasteiger partial charge in [0.15, 0.2) is 5.13 Å². The number of carbonyl (C=O) groups excluding carboxylic acids is 2. The normalized spacial score (nSPS) is 16.8. The fourth-order valence-electron chi connectivity index (χ4n) is 4.39. The van der Waals surface area contributed by atoms with Crippen LogP contribution in [0.2, 0.25) is 0 Å². The Kier molecular flexibility index (Phi) is 7.02. The number of rotatable bonds is 8. The molecule has 3 aromatic carbocycles. The van der Waals surface area contributed by atoms with Crippen LogP contribution in [0.5, 0.6) is 17.2 Å². The van der Waals surface area contributed by atoms with Crippen LogP contribution in [0, 0.1) is 0 Å². The van der Waals surface area contributed by atoms with Gasteiger partial charge in [-0.05, 0) is 54.4 Å². The number of aliphatic hydroxyl groups is 1. The van der Waals surface area contributed by atoms with Gasteiger partial charge in [0.25, 0.3) is 5.78 Å². The fourth-order valence-corrected chi connectivity index (χ4v) is 5.41. The van der Waals surface area contributed by atoms with E-state index >= 15 is 0 Å². The topological polar surface area (TPSA) is 109 Å². The number of nitrogens with zero attached hydrogens (tertiary/aromatic N) is 2. The number of thiazole rings is 1. The molecule has 4 aromatic rings. The maximum absolute atomic E-state index is 13.4. The number of amides is 1. The zero-order valence-electron chi connectivity index (χ0n) is 20.9. The average molecular weight is 531 g/mol. The minimum absolute atomic E-state index is 0.0338. The van der Waals surface area contributed by atoms with Crippen LogP contribution in [0.25, 0.3) is 16.0 Å². The number of phenolic OH excluding ortho intramolecular Hbond substituents is 1. The van der Waals surface area contributed by atoms with Crippen LogP contribution in [0.1, 0.15) is 36.9 Å². The number of aliphatic hydroxyl groups excluding tert-OH is 1. The minimum atomic E-state index is -1.01. The van der Waals surface area contributed by atoms with E-state index in [1.165, 1.54) is 28.4 Å². The molecule has 1 amide bonds. The number of unbranched alkanes of at least 4 members (excludes halogenated alkanes) is 1. The Morgan fingerprint density at radius 3 is 2.63 bits per heavy atom. The van der Waals surface area contributed by atoms with Crippen molar-refractivity contribution >= 4 is 44.1 Å². The van der Waals surface area contributed by atoms with Crippen LogP contribution in [0.15, 0.2) is 72.3 Å².